The molecule has 0 aliphatic carbocycles. The van der Waals surface area contributed by atoms with Crippen LogP contribution in [0.4, 0.5) is 0 Å². The maximum atomic E-state index is 12.7. The lowest BCUT2D eigenvalue weighted by Gasteiger charge is -2.13. The predicted molar refractivity (Wildman–Crippen MR) is 130 cm³/mol. The number of ether oxygens (including phenoxy) is 2. The molecule has 0 saturated heterocycles. The maximum Gasteiger partial charge on any atom is 0.251 e. The van der Waals surface area contributed by atoms with E-state index in [2.05, 4.69) is 35.9 Å². The highest BCUT2D eigenvalue weighted by molar-refractivity contribution is 5.94. The molecule has 6 heteroatoms. The normalized spacial score (nSPS) is 10.9. The molecule has 1 amide bonds. The summed E-state index contributed by atoms with van der Waals surface area (Å²) in [4.78, 5) is 17.4. The van der Waals surface area contributed by atoms with Crippen molar-refractivity contribution < 1.29 is 14.3 Å². The molecule has 0 bridgehead atoms. The molecule has 1 N–H and O–H groups in total. The van der Waals surface area contributed by atoms with Crippen LogP contribution in [0.15, 0.2) is 66.7 Å². The van der Waals surface area contributed by atoms with Gasteiger partial charge in [-0.25, -0.2) is 4.98 Å². The second kappa shape index (κ2) is 10.2. The first-order valence-electron chi connectivity index (χ1n) is 11.1. The maximum absolute atomic E-state index is 12.7. The zero-order valence-corrected chi connectivity index (χ0v) is 19.3. The molecule has 0 atom stereocenters. The minimum Gasteiger partial charge on any atom is -0.497 e. The van der Waals surface area contributed by atoms with E-state index in [1.165, 1.54) is 11.1 Å². The fraction of sp³-hybridized carbons (Fsp3) is 0.259. The van der Waals surface area contributed by atoms with Gasteiger partial charge in [-0.2, -0.15) is 0 Å². The molecule has 0 radical (unpaired) electrons. The number of fused-ring (bicyclic) bond motifs is 1. The van der Waals surface area contributed by atoms with Crippen LogP contribution < -0.4 is 14.8 Å². The van der Waals surface area contributed by atoms with Crippen LogP contribution >= 0.6 is 0 Å². The van der Waals surface area contributed by atoms with E-state index in [-0.39, 0.29) is 5.91 Å². The first-order valence-corrected chi connectivity index (χ1v) is 11.1. The average Bonchev–Trinajstić information content (AvgIpc) is 3.20. The standard InChI is InChI=1S/C27H29N3O3/c1-19-9-6-14-25(20(19)2)33-16-8-15-30-24-13-5-4-12-23(24)29-26(30)18-28-27(31)21-10-7-11-22(17-21)32-3/h4-7,9-14,17H,8,15-16,18H2,1-3H3,(H,28,31). The Labute approximate surface area is 194 Å². The summed E-state index contributed by atoms with van der Waals surface area (Å²) in [5, 5.41) is 2.99. The highest BCUT2D eigenvalue weighted by Gasteiger charge is 2.13. The molecule has 1 aromatic heterocycles. The van der Waals surface area contributed by atoms with Crippen molar-refractivity contribution >= 4 is 16.9 Å². The van der Waals surface area contributed by atoms with Crippen LogP contribution in [0.3, 0.4) is 0 Å². The molecule has 170 valence electrons. The first-order chi connectivity index (χ1) is 16.1. The molecule has 4 rings (SSSR count). The van der Waals surface area contributed by atoms with Crippen molar-refractivity contribution in [2.24, 2.45) is 0 Å². The smallest absolute Gasteiger partial charge is 0.251 e. The molecule has 0 saturated carbocycles. The Morgan fingerprint density at radius 2 is 1.85 bits per heavy atom. The predicted octanol–water partition coefficient (Wildman–Crippen LogP) is 5.06. The minimum absolute atomic E-state index is 0.161. The molecule has 0 spiro atoms. The Kier molecular flexibility index (Phi) is 6.93. The summed E-state index contributed by atoms with van der Waals surface area (Å²) < 4.78 is 13.4. The van der Waals surface area contributed by atoms with Crippen molar-refractivity contribution in [2.75, 3.05) is 13.7 Å². The van der Waals surface area contributed by atoms with E-state index in [9.17, 15) is 4.79 Å². The second-order valence-electron chi connectivity index (χ2n) is 7.98. The summed E-state index contributed by atoms with van der Waals surface area (Å²) in [6.07, 6.45) is 0.824. The monoisotopic (exact) mass is 443 g/mol. The number of imidazole rings is 1. The summed E-state index contributed by atoms with van der Waals surface area (Å²) >= 11 is 0. The highest BCUT2D eigenvalue weighted by Crippen LogP contribution is 2.21. The Morgan fingerprint density at radius 3 is 2.70 bits per heavy atom. The zero-order chi connectivity index (χ0) is 23.2. The number of aromatic nitrogens is 2. The molecule has 1 heterocycles. The molecule has 3 aromatic carbocycles. The SMILES string of the molecule is COc1cccc(C(=O)NCc2nc3ccccc3n2CCCOc2cccc(C)c2C)c1. The van der Waals surface area contributed by atoms with Gasteiger partial charge in [-0.15, -0.1) is 0 Å². The first kappa shape index (κ1) is 22.4. The molecular weight excluding hydrogens is 414 g/mol. The number of amides is 1. The van der Waals surface area contributed by atoms with Gasteiger partial charge in [0.25, 0.3) is 5.91 Å². The van der Waals surface area contributed by atoms with E-state index >= 15 is 0 Å². The number of carbonyl (C=O) groups is 1. The van der Waals surface area contributed by atoms with E-state index in [0.29, 0.717) is 24.5 Å². The topological polar surface area (TPSA) is 65.4 Å². The van der Waals surface area contributed by atoms with Gasteiger partial charge in [-0.05, 0) is 67.8 Å². The quantitative estimate of drug-likeness (QED) is 0.367. The van der Waals surface area contributed by atoms with Crippen LogP contribution in [-0.2, 0) is 13.1 Å². The molecular formula is C27H29N3O3. The van der Waals surface area contributed by atoms with Gasteiger partial charge in [0.05, 0.1) is 31.3 Å². The Hall–Kier alpha value is -3.80. The third-order valence-corrected chi connectivity index (χ3v) is 5.81. The summed E-state index contributed by atoms with van der Waals surface area (Å²) in [5.41, 5.74) is 4.92. The van der Waals surface area contributed by atoms with Crippen LogP contribution in [0.1, 0.15) is 33.7 Å². The molecule has 33 heavy (non-hydrogen) atoms. The molecule has 0 aliphatic rings. The Morgan fingerprint density at radius 1 is 1.03 bits per heavy atom. The summed E-state index contributed by atoms with van der Waals surface area (Å²) in [6, 6.07) is 21.3. The largest absolute Gasteiger partial charge is 0.497 e. The van der Waals surface area contributed by atoms with Gasteiger partial charge in [0.2, 0.25) is 0 Å². The number of nitrogens with one attached hydrogen (secondary N) is 1. The van der Waals surface area contributed by atoms with Gasteiger partial charge < -0.3 is 19.4 Å². The summed E-state index contributed by atoms with van der Waals surface area (Å²) in [7, 11) is 1.59. The van der Waals surface area contributed by atoms with Crippen LogP contribution in [0.2, 0.25) is 0 Å². The van der Waals surface area contributed by atoms with Crippen LogP contribution in [0, 0.1) is 13.8 Å². The molecule has 0 aliphatic heterocycles. The Bertz CT molecular complexity index is 1260. The average molecular weight is 444 g/mol. The van der Waals surface area contributed by atoms with Gasteiger partial charge in [0.15, 0.2) is 0 Å². The van der Waals surface area contributed by atoms with Crippen molar-refractivity contribution in [3.63, 3.8) is 0 Å². The Balaban J connectivity index is 1.44. The lowest BCUT2D eigenvalue weighted by atomic mass is 10.1. The number of methoxy groups -OCH3 is 1. The fourth-order valence-electron chi connectivity index (χ4n) is 3.82. The number of nitrogens with zero attached hydrogens (tertiary/aromatic N) is 2. The number of hydrogen-bond donors (Lipinski definition) is 1. The van der Waals surface area contributed by atoms with E-state index in [0.717, 1.165) is 35.6 Å². The van der Waals surface area contributed by atoms with E-state index in [4.69, 9.17) is 14.5 Å². The molecule has 6 nitrogen and oxygen atoms in total. The van der Waals surface area contributed by atoms with E-state index < -0.39 is 0 Å². The van der Waals surface area contributed by atoms with Gasteiger partial charge in [-0.3, -0.25) is 4.79 Å². The van der Waals surface area contributed by atoms with Crippen LogP contribution in [0.25, 0.3) is 11.0 Å². The number of hydrogen-bond acceptors (Lipinski definition) is 4. The fourth-order valence-corrected chi connectivity index (χ4v) is 3.82. The van der Waals surface area contributed by atoms with Crippen LogP contribution in [0.5, 0.6) is 11.5 Å². The minimum atomic E-state index is -0.161. The van der Waals surface area contributed by atoms with Gasteiger partial charge >= 0.3 is 0 Å². The number of para-hydroxylation sites is 2. The molecule has 0 unspecified atom stereocenters. The van der Waals surface area contributed by atoms with Gasteiger partial charge in [-0.1, -0.05) is 30.3 Å². The highest BCUT2D eigenvalue weighted by atomic mass is 16.5. The van der Waals surface area contributed by atoms with Crippen molar-refractivity contribution in [3.8, 4) is 11.5 Å². The number of carbonyl (C=O) groups excluding carboxylic acids is 1. The van der Waals surface area contributed by atoms with Gasteiger partial charge in [0, 0.05) is 12.1 Å². The molecule has 0 fully saturated rings. The lowest BCUT2D eigenvalue weighted by Crippen LogP contribution is -2.25. The molecule has 4 aromatic rings. The third kappa shape index (κ3) is 5.17. The second-order valence-corrected chi connectivity index (χ2v) is 7.98. The number of aryl methyl sites for hydroxylation is 2. The third-order valence-electron chi connectivity index (χ3n) is 5.81. The van der Waals surface area contributed by atoms with E-state index in [1.54, 1.807) is 25.3 Å². The summed E-state index contributed by atoms with van der Waals surface area (Å²) in [6.45, 7) is 5.85. The van der Waals surface area contributed by atoms with Crippen LogP contribution in [-0.4, -0.2) is 29.2 Å². The number of rotatable bonds is 9. The lowest BCUT2D eigenvalue weighted by molar-refractivity contribution is 0.0949. The van der Waals surface area contributed by atoms with Crippen molar-refractivity contribution in [1.82, 2.24) is 14.9 Å². The summed E-state index contributed by atoms with van der Waals surface area (Å²) in [5.74, 6) is 2.24. The zero-order valence-electron chi connectivity index (χ0n) is 19.3. The van der Waals surface area contributed by atoms with Crippen molar-refractivity contribution in [1.29, 1.82) is 0 Å². The van der Waals surface area contributed by atoms with Gasteiger partial charge in [0.1, 0.15) is 17.3 Å². The van der Waals surface area contributed by atoms with Crippen molar-refractivity contribution in [3.05, 3.63) is 89.2 Å². The van der Waals surface area contributed by atoms with E-state index in [1.807, 2.05) is 36.4 Å². The van der Waals surface area contributed by atoms with Crippen molar-refractivity contribution in [2.45, 2.75) is 33.4 Å². The number of benzene rings is 3.